The molecule has 0 aromatic rings. The van der Waals surface area contributed by atoms with Gasteiger partial charge in [-0.25, -0.2) is 4.79 Å². The highest BCUT2D eigenvalue weighted by Gasteiger charge is 2.20. The molecule has 0 aliphatic heterocycles. The highest BCUT2D eigenvalue weighted by atomic mass is 16.2. The van der Waals surface area contributed by atoms with Crippen molar-refractivity contribution in [2.45, 2.75) is 19.9 Å². The Morgan fingerprint density at radius 2 is 2.00 bits per heavy atom. The van der Waals surface area contributed by atoms with Crippen LogP contribution in [0.25, 0.3) is 0 Å². The van der Waals surface area contributed by atoms with Crippen LogP contribution in [0, 0.1) is 17.2 Å². The molecule has 0 heterocycles. The van der Waals surface area contributed by atoms with E-state index in [0.29, 0.717) is 6.54 Å². The summed E-state index contributed by atoms with van der Waals surface area (Å²) >= 11 is 0. The summed E-state index contributed by atoms with van der Waals surface area (Å²) in [4.78, 5) is 24.2. The van der Waals surface area contributed by atoms with Crippen molar-refractivity contribution >= 4 is 11.9 Å². The summed E-state index contributed by atoms with van der Waals surface area (Å²) in [5.41, 5.74) is 0. The lowest BCUT2D eigenvalue weighted by atomic mass is 10.1. The van der Waals surface area contributed by atoms with Crippen LogP contribution in [-0.4, -0.2) is 43.5 Å². The van der Waals surface area contributed by atoms with Gasteiger partial charge in [0.2, 0.25) is 5.91 Å². The first-order valence-corrected chi connectivity index (χ1v) is 5.04. The number of likely N-dealkylation sites (N-methyl/N-ethyl adjacent to an activating group) is 1. The minimum atomic E-state index is -0.529. The van der Waals surface area contributed by atoms with Crippen molar-refractivity contribution in [3.05, 3.63) is 0 Å². The van der Waals surface area contributed by atoms with E-state index >= 15 is 0 Å². The van der Waals surface area contributed by atoms with E-state index in [1.54, 1.807) is 25.8 Å². The molecule has 0 rings (SSSR count). The number of nitriles is 1. The third-order valence-corrected chi connectivity index (χ3v) is 2.29. The predicted octanol–water partition coefficient (Wildman–Crippen LogP) is -0.0780. The van der Waals surface area contributed by atoms with E-state index in [1.165, 1.54) is 7.05 Å². The molecule has 0 aromatic heterocycles. The molecule has 0 aliphatic carbocycles. The van der Waals surface area contributed by atoms with Crippen LogP contribution in [0.2, 0.25) is 0 Å². The molecule has 0 radical (unpaired) electrons. The normalized spacial score (nSPS) is 13.8. The number of amides is 3. The van der Waals surface area contributed by atoms with E-state index in [1.807, 2.05) is 0 Å². The van der Waals surface area contributed by atoms with Gasteiger partial charge in [-0.15, -0.1) is 0 Å². The molecule has 0 fully saturated rings. The second kappa shape index (κ2) is 6.80. The van der Waals surface area contributed by atoms with Gasteiger partial charge in [-0.1, -0.05) is 0 Å². The molecule has 0 aliphatic rings. The molecule has 6 nitrogen and oxygen atoms in total. The molecular formula is C10H18N4O2. The first-order chi connectivity index (χ1) is 7.42. The highest BCUT2D eigenvalue weighted by Crippen LogP contribution is 2.01. The molecule has 0 saturated heterocycles. The van der Waals surface area contributed by atoms with Crippen LogP contribution in [0.5, 0.6) is 0 Å². The van der Waals surface area contributed by atoms with Crippen LogP contribution in [0.4, 0.5) is 4.79 Å². The van der Waals surface area contributed by atoms with Crippen molar-refractivity contribution in [3.63, 3.8) is 0 Å². The Morgan fingerprint density at radius 1 is 1.44 bits per heavy atom. The maximum atomic E-state index is 11.5. The lowest BCUT2D eigenvalue weighted by Gasteiger charge is -2.24. The first kappa shape index (κ1) is 14.4. The summed E-state index contributed by atoms with van der Waals surface area (Å²) in [5.74, 6) is -0.535. The second-order valence-electron chi connectivity index (χ2n) is 3.71. The van der Waals surface area contributed by atoms with Crippen LogP contribution in [0.3, 0.4) is 0 Å². The Kier molecular flexibility index (Phi) is 6.11. The summed E-state index contributed by atoms with van der Waals surface area (Å²) in [5, 5.41) is 13.1. The third kappa shape index (κ3) is 4.75. The third-order valence-electron chi connectivity index (χ3n) is 2.29. The maximum absolute atomic E-state index is 11.5. The van der Waals surface area contributed by atoms with Crippen LogP contribution >= 0.6 is 0 Å². The smallest absolute Gasteiger partial charge is 0.321 e. The fraction of sp³-hybridized carbons (Fsp3) is 0.700. The van der Waals surface area contributed by atoms with Crippen molar-refractivity contribution in [1.82, 2.24) is 15.5 Å². The van der Waals surface area contributed by atoms with Crippen LogP contribution < -0.4 is 10.6 Å². The fourth-order valence-electron chi connectivity index (χ4n) is 1.11. The van der Waals surface area contributed by atoms with Gasteiger partial charge in [0.05, 0.1) is 18.0 Å². The van der Waals surface area contributed by atoms with E-state index in [0.717, 1.165) is 0 Å². The number of nitrogens with zero attached hydrogens (tertiary/aromatic N) is 2. The summed E-state index contributed by atoms with van der Waals surface area (Å²) in [6.45, 7) is 3.95. The van der Waals surface area contributed by atoms with Gasteiger partial charge in [0.1, 0.15) is 0 Å². The molecule has 0 saturated carbocycles. The van der Waals surface area contributed by atoms with Gasteiger partial charge in [-0.05, 0) is 20.9 Å². The Hall–Kier alpha value is -1.61. The number of hydrogen-bond acceptors (Lipinski definition) is 4. The van der Waals surface area contributed by atoms with Gasteiger partial charge in [0.15, 0.2) is 0 Å². The number of carbonyl (C=O) groups excluding carboxylic acids is 2. The van der Waals surface area contributed by atoms with Crippen molar-refractivity contribution in [2.24, 2.45) is 5.92 Å². The van der Waals surface area contributed by atoms with Crippen LogP contribution in [0.15, 0.2) is 0 Å². The van der Waals surface area contributed by atoms with Crippen molar-refractivity contribution in [1.29, 1.82) is 5.26 Å². The van der Waals surface area contributed by atoms with E-state index in [2.05, 4.69) is 16.7 Å². The molecule has 6 heteroatoms. The SMILES string of the molecule is CNC(=O)NC(=O)C(C)N(C)CC(C)C#N. The van der Waals surface area contributed by atoms with Gasteiger partial charge >= 0.3 is 6.03 Å². The van der Waals surface area contributed by atoms with Gasteiger partial charge in [-0.3, -0.25) is 15.0 Å². The quantitative estimate of drug-likeness (QED) is 0.702. The van der Waals surface area contributed by atoms with Gasteiger partial charge in [-0.2, -0.15) is 5.26 Å². The van der Waals surface area contributed by atoms with E-state index in [-0.39, 0.29) is 11.8 Å². The number of carbonyl (C=O) groups is 2. The van der Waals surface area contributed by atoms with E-state index in [4.69, 9.17) is 5.26 Å². The van der Waals surface area contributed by atoms with Gasteiger partial charge in [0.25, 0.3) is 0 Å². The summed E-state index contributed by atoms with van der Waals surface area (Å²) in [6, 6.07) is 1.11. The van der Waals surface area contributed by atoms with Gasteiger partial charge in [0, 0.05) is 13.6 Å². The zero-order valence-corrected chi connectivity index (χ0v) is 10.1. The molecule has 3 amide bonds. The number of imide groups is 1. The van der Waals surface area contributed by atoms with Crippen molar-refractivity contribution in [3.8, 4) is 6.07 Å². The number of hydrogen-bond donors (Lipinski definition) is 2. The molecule has 0 spiro atoms. The zero-order valence-electron chi connectivity index (χ0n) is 10.1. The zero-order chi connectivity index (χ0) is 12.7. The number of urea groups is 1. The molecule has 90 valence electrons. The monoisotopic (exact) mass is 226 g/mol. The molecule has 0 aromatic carbocycles. The van der Waals surface area contributed by atoms with Crippen LogP contribution in [0.1, 0.15) is 13.8 Å². The predicted molar refractivity (Wildman–Crippen MR) is 59.5 cm³/mol. The summed E-state index contributed by atoms with van der Waals surface area (Å²) < 4.78 is 0. The molecule has 0 bridgehead atoms. The van der Waals surface area contributed by atoms with Crippen LogP contribution in [-0.2, 0) is 4.79 Å². The summed E-state index contributed by atoms with van der Waals surface area (Å²) in [6.07, 6.45) is 0. The molecule has 2 unspecified atom stereocenters. The Balaban J connectivity index is 4.22. The molecular weight excluding hydrogens is 208 g/mol. The lowest BCUT2D eigenvalue weighted by molar-refractivity contribution is -0.124. The average Bonchev–Trinajstić information content (AvgIpc) is 2.27. The minimum Gasteiger partial charge on any atom is -0.341 e. The Morgan fingerprint density at radius 3 is 2.44 bits per heavy atom. The Labute approximate surface area is 95.6 Å². The topological polar surface area (TPSA) is 85.2 Å². The largest absolute Gasteiger partial charge is 0.341 e. The van der Waals surface area contributed by atoms with E-state index < -0.39 is 12.1 Å². The molecule has 2 N–H and O–H groups in total. The first-order valence-electron chi connectivity index (χ1n) is 5.04. The summed E-state index contributed by atoms with van der Waals surface area (Å²) in [7, 11) is 3.18. The fourth-order valence-corrected chi connectivity index (χ4v) is 1.11. The minimum absolute atomic E-state index is 0.153. The average molecular weight is 226 g/mol. The Bertz CT molecular complexity index is 298. The highest BCUT2D eigenvalue weighted by molar-refractivity contribution is 5.96. The lowest BCUT2D eigenvalue weighted by Crippen LogP contribution is -2.48. The number of nitrogens with one attached hydrogen (secondary N) is 2. The van der Waals surface area contributed by atoms with E-state index in [9.17, 15) is 9.59 Å². The van der Waals surface area contributed by atoms with Crippen molar-refractivity contribution < 1.29 is 9.59 Å². The maximum Gasteiger partial charge on any atom is 0.321 e. The second-order valence-corrected chi connectivity index (χ2v) is 3.71. The van der Waals surface area contributed by atoms with Crippen molar-refractivity contribution in [2.75, 3.05) is 20.6 Å². The standard InChI is InChI=1S/C10H18N4O2/c1-7(5-11)6-14(4)8(2)9(15)13-10(16)12-3/h7-8H,6H2,1-4H3,(H2,12,13,15,16). The molecule has 16 heavy (non-hydrogen) atoms. The van der Waals surface area contributed by atoms with Gasteiger partial charge < -0.3 is 5.32 Å². The number of rotatable bonds is 4. The molecule has 2 atom stereocenters.